The maximum absolute atomic E-state index is 9.46. The number of piperidine rings is 1. The first-order valence-corrected chi connectivity index (χ1v) is 12.9. The van der Waals surface area contributed by atoms with Gasteiger partial charge in [-0.3, -0.25) is 4.99 Å². The zero-order valence-electron chi connectivity index (χ0n) is 22.5. The number of aromatic nitrogens is 2. The van der Waals surface area contributed by atoms with Gasteiger partial charge in [-0.15, -0.1) is 0 Å². The van der Waals surface area contributed by atoms with Crippen LogP contribution in [-0.4, -0.2) is 34.5 Å². The summed E-state index contributed by atoms with van der Waals surface area (Å²) < 4.78 is 8.14. The number of rotatable bonds is 6. The molecule has 1 aromatic carbocycles. The second kappa shape index (κ2) is 14.7. The number of benzene rings is 1. The highest BCUT2D eigenvalue weighted by Crippen LogP contribution is 2.31. The first-order valence-electron chi connectivity index (χ1n) is 12.9. The Kier molecular flexibility index (Phi) is 11.7. The third kappa shape index (κ3) is 6.96. The average molecular weight is 489 g/mol. The van der Waals surface area contributed by atoms with E-state index in [0.717, 1.165) is 53.9 Å². The van der Waals surface area contributed by atoms with E-state index in [9.17, 15) is 5.26 Å². The van der Waals surface area contributed by atoms with Crippen LogP contribution >= 0.6 is 0 Å². The summed E-state index contributed by atoms with van der Waals surface area (Å²) in [5.41, 5.74) is 11.0. The summed E-state index contributed by atoms with van der Waals surface area (Å²) in [5.74, 6) is 0.675. The largest absolute Gasteiger partial charge is 0.484 e. The number of aliphatic imine (C=N–C) groups is 1. The number of hydrogen-bond acceptors (Lipinski definition) is 6. The van der Waals surface area contributed by atoms with Gasteiger partial charge in [-0.2, -0.15) is 10.4 Å². The Hall–Kier alpha value is -3.63. The van der Waals surface area contributed by atoms with Crippen LogP contribution < -0.4 is 15.8 Å². The van der Waals surface area contributed by atoms with Crippen molar-refractivity contribution in [2.75, 3.05) is 13.1 Å². The number of nitriles is 1. The van der Waals surface area contributed by atoms with Gasteiger partial charge in [0.25, 0.3) is 0 Å². The molecule has 7 heteroatoms. The molecule has 0 bridgehead atoms. The number of hydrogen-bond donors (Lipinski definition) is 2. The van der Waals surface area contributed by atoms with Gasteiger partial charge in [0.05, 0.1) is 23.9 Å². The maximum atomic E-state index is 9.46. The molecule has 3 aromatic rings. The van der Waals surface area contributed by atoms with E-state index in [2.05, 4.69) is 16.5 Å². The third-order valence-electron chi connectivity index (χ3n) is 5.85. The van der Waals surface area contributed by atoms with E-state index in [1.54, 1.807) is 23.0 Å². The van der Waals surface area contributed by atoms with Crippen LogP contribution in [0.3, 0.4) is 0 Å². The molecule has 0 spiro atoms. The van der Waals surface area contributed by atoms with E-state index < -0.39 is 0 Å². The van der Waals surface area contributed by atoms with Crippen LogP contribution in [0.25, 0.3) is 11.1 Å². The Bertz CT molecular complexity index is 1200. The van der Waals surface area contributed by atoms with Crippen molar-refractivity contribution < 1.29 is 4.74 Å². The number of fused-ring (bicyclic) bond motifs is 1. The maximum Gasteiger partial charge on any atom is 0.146 e. The molecule has 0 radical (unpaired) electrons. The molecule has 1 aliphatic heterocycles. The van der Waals surface area contributed by atoms with E-state index in [1.807, 2.05) is 78.1 Å². The molecule has 4 rings (SSSR count). The van der Waals surface area contributed by atoms with Crippen molar-refractivity contribution in [2.24, 2.45) is 10.7 Å². The molecule has 7 nitrogen and oxygen atoms in total. The third-order valence-corrected chi connectivity index (χ3v) is 5.85. The molecule has 3 heterocycles. The lowest BCUT2D eigenvalue weighted by molar-refractivity contribution is 0.228. The molecule has 3 N–H and O–H groups in total. The normalized spacial score (nSPS) is 15.1. The lowest BCUT2D eigenvalue weighted by atomic mass is 10.0. The minimum Gasteiger partial charge on any atom is -0.484 e. The molecule has 1 aliphatic rings. The Balaban J connectivity index is 0.00000109. The number of ether oxygens (including phenoxy) is 1. The molecular weight excluding hydrogens is 448 g/mol. The predicted molar refractivity (Wildman–Crippen MR) is 149 cm³/mol. The van der Waals surface area contributed by atoms with Crippen LogP contribution in [0.1, 0.15) is 77.2 Å². The summed E-state index contributed by atoms with van der Waals surface area (Å²) >= 11 is 0. The van der Waals surface area contributed by atoms with Gasteiger partial charge >= 0.3 is 0 Å². The molecule has 0 saturated carbocycles. The van der Waals surface area contributed by atoms with E-state index >= 15 is 0 Å². The van der Waals surface area contributed by atoms with Crippen molar-refractivity contribution in [2.45, 2.75) is 66.5 Å². The monoisotopic (exact) mass is 488 g/mol. The Labute approximate surface area is 215 Å². The zero-order valence-corrected chi connectivity index (χ0v) is 22.5. The van der Waals surface area contributed by atoms with Gasteiger partial charge in [0.15, 0.2) is 0 Å². The van der Waals surface area contributed by atoms with Crippen molar-refractivity contribution in [3.63, 3.8) is 0 Å². The SMILES string of the molecule is CC.CC.CC(=NC1CCNCC1)/C(=C\N)c1cc(OC(C)c2ccccc2C#N)c2ccnn2c1. The summed E-state index contributed by atoms with van der Waals surface area (Å²) in [4.78, 5) is 4.93. The lowest BCUT2D eigenvalue weighted by Crippen LogP contribution is -2.30. The van der Waals surface area contributed by atoms with Gasteiger partial charge in [0.2, 0.25) is 0 Å². The van der Waals surface area contributed by atoms with Gasteiger partial charge < -0.3 is 15.8 Å². The fraction of sp³-hybridized carbons (Fsp3) is 0.414. The highest BCUT2D eigenvalue weighted by molar-refractivity contribution is 6.22. The first kappa shape index (κ1) is 28.6. The van der Waals surface area contributed by atoms with E-state index in [-0.39, 0.29) is 6.10 Å². The summed E-state index contributed by atoms with van der Waals surface area (Å²) in [6.07, 6.45) is 7.02. The Morgan fingerprint density at radius 3 is 2.58 bits per heavy atom. The minimum absolute atomic E-state index is 0.304. The molecule has 192 valence electrons. The van der Waals surface area contributed by atoms with Gasteiger partial charge in [-0.1, -0.05) is 45.9 Å². The quantitative estimate of drug-likeness (QED) is 0.420. The van der Waals surface area contributed by atoms with Gasteiger partial charge in [-0.05, 0) is 58.0 Å². The van der Waals surface area contributed by atoms with Crippen molar-refractivity contribution in [3.8, 4) is 11.8 Å². The summed E-state index contributed by atoms with van der Waals surface area (Å²) in [7, 11) is 0. The second-order valence-corrected chi connectivity index (χ2v) is 7.99. The Morgan fingerprint density at radius 2 is 1.92 bits per heavy atom. The highest BCUT2D eigenvalue weighted by Gasteiger charge is 2.18. The van der Waals surface area contributed by atoms with Crippen LogP contribution in [-0.2, 0) is 0 Å². The highest BCUT2D eigenvalue weighted by atomic mass is 16.5. The topological polar surface area (TPSA) is 101 Å². The van der Waals surface area contributed by atoms with Crippen LogP contribution in [0.2, 0.25) is 0 Å². The summed E-state index contributed by atoms with van der Waals surface area (Å²) in [6.45, 7) is 13.9. The minimum atomic E-state index is -0.311. The van der Waals surface area contributed by atoms with E-state index in [0.29, 0.717) is 17.4 Å². The zero-order chi connectivity index (χ0) is 26.5. The second-order valence-electron chi connectivity index (χ2n) is 7.99. The van der Waals surface area contributed by atoms with Crippen molar-refractivity contribution in [3.05, 3.63) is 71.7 Å². The Morgan fingerprint density at radius 1 is 1.22 bits per heavy atom. The van der Waals surface area contributed by atoms with Crippen LogP contribution in [0.15, 0.2) is 60.0 Å². The average Bonchev–Trinajstić information content (AvgIpc) is 3.41. The number of nitrogens with two attached hydrogens (primary N) is 1. The molecule has 1 fully saturated rings. The number of pyridine rings is 1. The van der Waals surface area contributed by atoms with Crippen LogP contribution in [0.5, 0.6) is 5.75 Å². The molecule has 36 heavy (non-hydrogen) atoms. The smallest absolute Gasteiger partial charge is 0.146 e. The molecule has 1 unspecified atom stereocenters. The van der Waals surface area contributed by atoms with Gasteiger partial charge in [0, 0.05) is 34.8 Å². The molecule has 1 saturated heterocycles. The number of nitrogens with zero attached hydrogens (tertiary/aromatic N) is 4. The van der Waals surface area contributed by atoms with E-state index in [1.165, 1.54) is 0 Å². The first-order chi connectivity index (χ1) is 17.6. The van der Waals surface area contributed by atoms with Crippen LogP contribution in [0.4, 0.5) is 0 Å². The molecule has 0 aliphatic carbocycles. The molecule has 0 amide bonds. The predicted octanol–water partition coefficient (Wildman–Crippen LogP) is 5.91. The molecule has 1 atom stereocenters. The molecular formula is C29H40N6O. The van der Waals surface area contributed by atoms with E-state index in [4.69, 9.17) is 15.5 Å². The number of allylic oxidation sites excluding steroid dienone is 1. The fourth-order valence-corrected chi connectivity index (χ4v) is 4.15. The summed E-state index contributed by atoms with van der Waals surface area (Å²) in [5, 5.41) is 17.2. The van der Waals surface area contributed by atoms with Crippen molar-refractivity contribution in [1.29, 1.82) is 5.26 Å². The lowest BCUT2D eigenvalue weighted by Gasteiger charge is -2.21. The van der Waals surface area contributed by atoms with Gasteiger partial charge in [0.1, 0.15) is 17.4 Å². The van der Waals surface area contributed by atoms with Crippen molar-refractivity contribution in [1.82, 2.24) is 14.9 Å². The van der Waals surface area contributed by atoms with Gasteiger partial charge in [-0.25, -0.2) is 4.52 Å². The van der Waals surface area contributed by atoms with Crippen LogP contribution in [0, 0.1) is 11.3 Å². The fourth-order valence-electron chi connectivity index (χ4n) is 4.15. The number of nitrogens with one attached hydrogen (secondary N) is 1. The summed E-state index contributed by atoms with van der Waals surface area (Å²) in [6, 6.07) is 13.9. The standard InChI is InChI=1S/C25H28N6O.2C2H6/c1-17(30-21-7-10-28-11-8-21)23(15-27)20-13-25(24-9-12-29-31(24)16-20)32-18(2)22-6-4-3-5-19(22)14-26;2*1-2/h3-6,9,12-13,15-16,18,21,28H,7-8,10-11,27H2,1-2H3;2*1-2H3/b23-15+,30-17?;;. The van der Waals surface area contributed by atoms with Crippen molar-refractivity contribution >= 4 is 16.8 Å². The molecule has 2 aromatic heterocycles.